The summed E-state index contributed by atoms with van der Waals surface area (Å²) >= 11 is 0. The summed E-state index contributed by atoms with van der Waals surface area (Å²) in [5, 5.41) is 3.18. The van der Waals surface area contributed by atoms with E-state index in [2.05, 4.69) is 20.2 Å². The summed E-state index contributed by atoms with van der Waals surface area (Å²) < 4.78 is 50.8. The molecule has 0 bridgehead atoms. The molecule has 2 N–H and O–H groups in total. The second-order valence-corrected chi connectivity index (χ2v) is 9.54. The van der Waals surface area contributed by atoms with Gasteiger partial charge >= 0.3 is 6.18 Å². The number of ether oxygens (including phenoxy) is 2. The summed E-state index contributed by atoms with van der Waals surface area (Å²) in [6.07, 6.45) is -1.60. The Balaban J connectivity index is 1.23. The number of rotatable bonds is 5. The van der Waals surface area contributed by atoms with Gasteiger partial charge in [-0.25, -0.2) is 0 Å². The van der Waals surface area contributed by atoms with Crippen LogP contribution in [0.5, 0.6) is 11.5 Å². The zero-order valence-electron chi connectivity index (χ0n) is 20.8. The molecule has 39 heavy (non-hydrogen) atoms. The third-order valence-corrected chi connectivity index (χ3v) is 6.86. The van der Waals surface area contributed by atoms with Gasteiger partial charge in [-0.2, -0.15) is 13.2 Å². The van der Waals surface area contributed by atoms with Crippen LogP contribution in [0.1, 0.15) is 22.3 Å². The molecule has 7 nitrogen and oxygen atoms in total. The number of fused-ring (bicyclic) bond motifs is 2. The molecular formula is C29H25F3N4O3. The van der Waals surface area contributed by atoms with E-state index < -0.39 is 11.7 Å². The van der Waals surface area contributed by atoms with E-state index in [4.69, 9.17) is 9.47 Å². The topological polar surface area (TPSA) is 79.5 Å². The van der Waals surface area contributed by atoms with Gasteiger partial charge in [0.25, 0.3) is 0 Å². The maximum atomic E-state index is 13.0. The second kappa shape index (κ2) is 10.1. The van der Waals surface area contributed by atoms with Crippen LogP contribution in [0.3, 0.4) is 0 Å². The first-order chi connectivity index (χ1) is 18.8. The largest absolute Gasteiger partial charge is 0.456 e. The van der Waals surface area contributed by atoms with Crippen LogP contribution in [-0.2, 0) is 23.9 Å². The number of alkyl halides is 3. The maximum absolute atomic E-state index is 13.0. The number of halogens is 3. The van der Waals surface area contributed by atoms with Crippen LogP contribution < -0.4 is 20.5 Å². The average molecular weight is 535 g/mol. The van der Waals surface area contributed by atoms with E-state index in [0.717, 1.165) is 53.4 Å². The molecule has 0 radical (unpaired) electrons. The summed E-state index contributed by atoms with van der Waals surface area (Å²) in [5.74, 6) is 1.38. The van der Waals surface area contributed by atoms with Gasteiger partial charge in [0.2, 0.25) is 5.56 Å². The third kappa shape index (κ3) is 5.33. The molecule has 0 saturated carbocycles. The molecule has 10 heteroatoms. The van der Waals surface area contributed by atoms with Crippen LogP contribution in [0.15, 0.2) is 71.8 Å². The van der Waals surface area contributed by atoms with Crippen molar-refractivity contribution in [2.45, 2.75) is 19.1 Å². The number of aromatic amines is 1. The number of benzene rings is 2. The van der Waals surface area contributed by atoms with Crippen molar-refractivity contribution in [1.29, 1.82) is 0 Å². The van der Waals surface area contributed by atoms with Crippen molar-refractivity contribution in [3.8, 4) is 22.8 Å². The molecule has 4 heterocycles. The van der Waals surface area contributed by atoms with Crippen molar-refractivity contribution < 1.29 is 22.6 Å². The molecule has 6 rings (SSSR count). The molecular weight excluding hydrogens is 509 g/mol. The number of para-hydroxylation sites is 1. The molecule has 2 aliphatic heterocycles. The predicted molar refractivity (Wildman–Crippen MR) is 141 cm³/mol. The molecule has 0 amide bonds. The summed E-state index contributed by atoms with van der Waals surface area (Å²) in [5.41, 5.74) is 4.47. The van der Waals surface area contributed by atoms with Gasteiger partial charge in [-0.15, -0.1) is 0 Å². The minimum atomic E-state index is -4.44. The van der Waals surface area contributed by atoms with Crippen molar-refractivity contribution >= 4 is 11.4 Å². The maximum Gasteiger partial charge on any atom is 0.417 e. The van der Waals surface area contributed by atoms with Crippen molar-refractivity contribution in [2.24, 2.45) is 0 Å². The zero-order chi connectivity index (χ0) is 27.0. The average Bonchev–Trinajstić information content (AvgIpc) is 2.94. The van der Waals surface area contributed by atoms with Gasteiger partial charge in [-0.1, -0.05) is 12.1 Å². The van der Waals surface area contributed by atoms with Crippen LogP contribution in [0.4, 0.5) is 24.5 Å². The predicted octanol–water partition coefficient (Wildman–Crippen LogP) is 5.60. The molecule has 200 valence electrons. The van der Waals surface area contributed by atoms with Gasteiger partial charge in [0.1, 0.15) is 11.5 Å². The number of hydrogen-bond acceptors (Lipinski definition) is 6. The lowest BCUT2D eigenvalue weighted by atomic mass is 9.96. The first-order valence-electron chi connectivity index (χ1n) is 12.6. The Morgan fingerprint density at radius 3 is 2.67 bits per heavy atom. The zero-order valence-corrected chi connectivity index (χ0v) is 20.8. The van der Waals surface area contributed by atoms with Gasteiger partial charge in [-0.05, 0) is 47.5 Å². The number of H-pyrrole nitrogens is 1. The molecule has 2 aromatic heterocycles. The smallest absolute Gasteiger partial charge is 0.417 e. The molecule has 0 atom stereocenters. The standard InChI is InChI=1S/C29H25F3N4O3/c30-29(31,32)21-10-18(15-33-17-21)16-34-22-4-5-26-20(12-22)11-19-2-1-3-24(28(19)39-26)25-13-23(14-27(37)35-25)36-6-8-38-9-7-36/h1-5,10,12-15,17,34H,6-9,11,16H2,(H,35,37). The highest BCUT2D eigenvalue weighted by molar-refractivity contribution is 5.74. The van der Waals surface area contributed by atoms with E-state index in [1.54, 1.807) is 6.07 Å². The van der Waals surface area contributed by atoms with E-state index in [-0.39, 0.29) is 12.1 Å². The normalized spacial score (nSPS) is 14.8. The Labute approximate surface area is 222 Å². The van der Waals surface area contributed by atoms with E-state index in [9.17, 15) is 18.0 Å². The van der Waals surface area contributed by atoms with Crippen molar-refractivity contribution in [3.05, 3.63) is 99.6 Å². The van der Waals surface area contributed by atoms with E-state index in [0.29, 0.717) is 42.4 Å². The lowest BCUT2D eigenvalue weighted by Gasteiger charge is -2.29. The van der Waals surface area contributed by atoms with Crippen LogP contribution in [-0.4, -0.2) is 36.3 Å². The molecule has 0 unspecified atom stereocenters. The van der Waals surface area contributed by atoms with Gasteiger partial charge in [-0.3, -0.25) is 9.78 Å². The summed E-state index contributed by atoms with van der Waals surface area (Å²) in [4.78, 5) is 21.4. The fourth-order valence-electron chi connectivity index (χ4n) is 4.92. The number of morpholine rings is 1. The highest BCUT2D eigenvalue weighted by atomic mass is 19.4. The monoisotopic (exact) mass is 534 g/mol. The van der Waals surface area contributed by atoms with Gasteiger partial charge in [0.15, 0.2) is 0 Å². The second-order valence-electron chi connectivity index (χ2n) is 9.54. The van der Waals surface area contributed by atoms with Crippen molar-refractivity contribution in [2.75, 3.05) is 36.5 Å². The molecule has 2 aromatic carbocycles. The van der Waals surface area contributed by atoms with E-state index >= 15 is 0 Å². The number of anilines is 2. The number of pyridine rings is 2. The molecule has 0 aliphatic carbocycles. The highest BCUT2D eigenvalue weighted by Crippen LogP contribution is 2.43. The van der Waals surface area contributed by atoms with Gasteiger partial charge < -0.3 is 24.7 Å². The van der Waals surface area contributed by atoms with Crippen LogP contribution >= 0.6 is 0 Å². The Morgan fingerprint density at radius 1 is 1.00 bits per heavy atom. The van der Waals surface area contributed by atoms with Crippen LogP contribution in [0.2, 0.25) is 0 Å². The Kier molecular flexibility index (Phi) is 6.48. The quantitative estimate of drug-likeness (QED) is 0.306. The van der Waals surface area contributed by atoms with Crippen molar-refractivity contribution in [1.82, 2.24) is 9.97 Å². The lowest BCUT2D eigenvalue weighted by Crippen LogP contribution is -2.36. The van der Waals surface area contributed by atoms with Crippen LogP contribution in [0.25, 0.3) is 11.3 Å². The molecule has 2 aliphatic rings. The van der Waals surface area contributed by atoms with Crippen LogP contribution in [0, 0.1) is 0 Å². The fourth-order valence-corrected chi connectivity index (χ4v) is 4.92. The minimum absolute atomic E-state index is 0.186. The summed E-state index contributed by atoms with van der Waals surface area (Å²) in [7, 11) is 0. The fraction of sp³-hybridized carbons (Fsp3) is 0.241. The molecule has 1 saturated heterocycles. The third-order valence-electron chi connectivity index (χ3n) is 6.86. The number of aromatic nitrogens is 2. The van der Waals surface area contributed by atoms with E-state index in [1.807, 2.05) is 42.5 Å². The Morgan fingerprint density at radius 2 is 1.85 bits per heavy atom. The van der Waals surface area contributed by atoms with Gasteiger partial charge in [0.05, 0.1) is 24.5 Å². The van der Waals surface area contributed by atoms with Crippen molar-refractivity contribution in [3.63, 3.8) is 0 Å². The Bertz CT molecular complexity index is 1580. The number of nitrogens with one attached hydrogen (secondary N) is 2. The minimum Gasteiger partial charge on any atom is -0.456 e. The molecule has 4 aromatic rings. The summed E-state index contributed by atoms with van der Waals surface area (Å²) in [6, 6.07) is 16.1. The van der Waals surface area contributed by atoms with Gasteiger partial charge in [0, 0.05) is 67.0 Å². The highest BCUT2D eigenvalue weighted by Gasteiger charge is 2.31. The molecule has 1 fully saturated rings. The lowest BCUT2D eigenvalue weighted by molar-refractivity contribution is -0.137. The number of nitrogens with zero attached hydrogens (tertiary/aromatic N) is 2. The van der Waals surface area contributed by atoms with E-state index in [1.165, 1.54) is 6.20 Å². The first kappa shape index (κ1) is 25.0. The Hall–Kier alpha value is -4.31. The number of hydrogen-bond donors (Lipinski definition) is 2. The first-order valence-corrected chi connectivity index (χ1v) is 12.6. The molecule has 0 spiro atoms. The summed E-state index contributed by atoms with van der Waals surface area (Å²) in [6.45, 7) is 2.89. The SMILES string of the molecule is O=c1cc(N2CCOCC2)cc(-c2cccc3c2Oc2ccc(NCc4cncc(C(F)(F)F)c4)cc2C3)[nH]1.